The molecular formula is C16H30N2O. The van der Waals surface area contributed by atoms with Crippen molar-refractivity contribution < 1.29 is 4.79 Å². The van der Waals surface area contributed by atoms with Crippen LogP contribution in [0.1, 0.15) is 64.2 Å². The Bertz CT molecular complexity index is 255. The van der Waals surface area contributed by atoms with Crippen LogP contribution in [-0.2, 0) is 4.79 Å². The van der Waals surface area contributed by atoms with Gasteiger partial charge in [-0.05, 0) is 50.6 Å². The first-order chi connectivity index (χ1) is 9.34. The van der Waals surface area contributed by atoms with Gasteiger partial charge in [-0.2, -0.15) is 0 Å². The number of hydrogen-bond donors (Lipinski definition) is 2. The Morgan fingerprint density at radius 3 is 2.53 bits per heavy atom. The largest absolute Gasteiger partial charge is 0.356 e. The number of carbonyl (C=O) groups excluding carboxylic acids is 1. The van der Waals surface area contributed by atoms with Crippen LogP contribution < -0.4 is 10.6 Å². The second-order valence-electron chi connectivity index (χ2n) is 6.39. The monoisotopic (exact) mass is 266 g/mol. The fourth-order valence-electron chi connectivity index (χ4n) is 3.49. The summed E-state index contributed by atoms with van der Waals surface area (Å²) in [6, 6.07) is 0. The highest BCUT2D eigenvalue weighted by atomic mass is 16.1. The molecule has 2 fully saturated rings. The lowest BCUT2D eigenvalue weighted by molar-refractivity contribution is -0.121. The van der Waals surface area contributed by atoms with Crippen molar-refractivity contribution in [3.63, 3.8) is 0 Å². The Morgan fingerprint density at radius 1 is 1.00 bits per heavy atom. The fraction of sp³-hybridized carbons (Fsp3) is 0.938. The van der Waals surface area contributed by atoms with Gasteiger partial charge in [0.15, 0.2) is 0 Å². The first-order valence-corrected chi connectivity index (χ1v) is 8.32. The van der Waals surface area contributed by atoms with Gasteiger partial charge in [-0.1, -0.05) is 32.1 Å². The zero-order valence-electron chi connectivity index (χ0n) is 12.3. The summed E-state index contributed by atoms with van der Waals surface area (Å²) in [4.78, 5) is 11.8. The van der Waals surface area contributed by atoms with Gasteiger partial charge in [0.1, 0.15) is 0 Å². The summed E-state index contributed by atoms with van der Waals surface area (Å²) in [6.07, 6.45) is 12.5. The number of carbonyl (C=O) groups is 1. The van der Waals surface area contributed by atoms with Crippen molar-refractivity contribution in [3.05, 3.63) is 0 Å². The van der Waals surface area contributed by atoms with Gasteiger partial charge in [0.25, 0.3) is 0 Å². The molecule has 0 spiro atoms. The molecule has 1 unspecified atom stereocenters. The van der Waals surface area contributed by atoms with Crippen molar-refractivity contribution in [2.75, 3.05) is 19.6 Å². The predicted octanol–water partition coefficient (Wildman–Crippen LogP) is 2.85. The van der Waals surface area contributed by atoms with Gasteiger partial charge >= 0.3 is 0 Å². The molecule has 1 aliphatic heterocycles. The Labute approximate surface area is 117 Å². The van der Waals surface area contributed by atoms with E-state index >= 15 is 0 Å². The van der Waals surface area contributed by atoms with Gasteiger partial charge in [0, 0.05) is 13.0 Å². The smallest absolute Gasteiger partial charge is 0.220 e. The highest BCUT2D eigenvalue weighted by Crippen LogP contribution is 2.27. The quantitative estimate of drug-likeness (QED) is 0.776. The minimum Gasteiger partial charge on any atom is -0.356 e. The van der Waals surface area contributed by atoms with Crippen LogP contribution in [0.4, 0.5) is 0 Å². The molecule has 2 aliphatic rings. The molecular weight excluding hydrogens is 236 g/mol. The van der Waals surface area contributed by atoms with Crippen molar-refractivity contribution in [1.29, 1.82) is 0 Å². The van der Waals surface area contributed by atoms with Crippen molar-refractivity contribution in [1.82, 2.24) is 10.6 Å². The molecule has 0 aromatic carbocycles. The third-order valence-corrected chi connectivity index (χ3v) is 4.78. The second-order valence-corrected chi connectivity index (χ2v) is 6.39. The van der Waals surface area contributed by atoms with E-state index in [2.05, 4.69) is 10.6 Å². The molecule has 1 saturated carbocycles. The van der Waals surface area contributed by atoms with Crippen LogP contribution >= 0.6 is 0 Å². The molecule has 0 aromatic heterocycles. The third-order valence-electron chi connectivity index (χ3n) is 4.78. The molecule has 1 atom stereocenters. The minimum absolute atomic E-state index is 0.273. The molecule has 1 heterocycles. The van der Waals surface area contributed by atoms with Crippen LogP contribution in [0, 0.1) is 11.8 Å². The molecule has 110 valence electrons. The predicted molar refractivity (Wildman–Crippen MR) is 79.0 cm³/mol. The lowest BCUT2D eigenvalue weighted by Gasteiger charge is -2.23. The van der Waals surface area contributed by atoms with E-state index in [1.165, 1.54) is 51.5 Å². The standard InChI is InChI=1S/C16H30N2O/c19-16(9-8-14-5-2-1-3-6-14)18-12-10-15-7-4-11-17-13-15/h14-15,17H,1-13H2,(H,18,19). The van der Waals surface area contributed by atoms with Crippen molar-refractivity contribution >= 4 is 5.91 Å². The second kappa shape index (κ2) is 8.57. The Balaban J connectivity index is 1.49. The van der Waals surface area contributed by atoms with Crippen LogP contribution in [0.2, 0.25) is 0 Å². The summed E-state index contributed by atoms with van der Waals surface area (Å²) in [6.45, 7) is 3.18. The fourth-order valence-corrected chi connectivity index (χ4v) is 3.49. The van der Waals surface area contributed by atoms with E-state index in [0.717, 1.165) is 44.2 Å². The molecule has 2 N–H and O–H groups in total. The Kier molecular flexibility index (Phi) is 6.69. The van der Waals surface area contributed by atoms with Gasteiger partial charge in [-0.25, -0.2) is 0 Å². The number of rotatable bonds is 6. The summed E-state index contributed by atoms with van der Waals surface area (Å²) in [5.74, 6) is 1.86. The molecule has 1 aliphatic carbocycles. The molecule has 2 rings (SSSR count). The summed E-state index contributed by atoms with van der Waals surface area (Å²) in [7, 11) is 0. The number of nitrogens with one attached hydrogen (secondary N) is 2. The van der Waals surface area contributed by atoms with Crippen LogP contribution in [0.3, 0.4) is 0 Å². The van der Waals surface area contributed by atoms with Crippen molar-refractivity contribution in [3.8, 4) is 0 Å². The lowest BCUT2D eigenvalue weighted by atomic mass is 9.86. The number of piperidine rings is 1. The van der Waals surface area contributed by atoms with Crippen LogP contribution in [-0.4, -0.2) is 25.5 Å². The maximum Gasteiger partial charge on any atom is 0.220 e. The van der Waals surface area contributed by atoms with Crippen LogP contribution in [0.5, 0.6) is 0 Å². The topological polar surface area (TPSA) is 41.1 Å². The van der Waals surface area contributed by atoms with Crippen LogP contribution in [0.25, 0.3) is 0 Å². The van der Waals surface area contributed by atoms with E-state index in [4.69, 9.17) is 0 Å². The highest BCUT2D eigenvalue weighted by molar-refractivity contribution is 5.75. The molecule has 19 heavy (non-hydrogen) atoms. The van der Waals surface area contributed by atoms with E-state index in [-0.39, 0.29) is 5.91 Å². The molecule has 3 nitrogen and oxygen atoms in total. The molecule has 1 saturated heterocycles. The van der Waals surface area contributed by atoms with Crippen LogP contribution in [0.15, 0.2) is 0 Å². The van der Waals surface area contributed by atoms with Gasteiger partial charge in [0.05, 0.1) is 0 Å². The average Bonchev–Trinajstić information content (AvgIpc) is 2.47. The zero-order valence-corrected chi connectivity index (χ0v) is 12.3. The van der Waals surface area contributed by atoms with Gasteiger partial charge in [-0.3, -0.25) is 4.79 Å². The summed E-state index contributed by atoms with van der Waals surface area (Å²) in [5, 5.41) is 6.53. The number of amides is 1. The normalized spacial score (nSPS) is 25.2. The molecule has 3 heteroatoms. The van der Waals surface area contributed by atoms with Gasteiger partial charge in [-0.15, -0.1) is 0 Å². The molecule has 1 amide bonds. The molecule has 0 radical (unpaired) electrons. The maximum absolute atomic E-state index is 11.8. The van der Waals surface area contributed by atoms with Crippen molar-refractivity contribution in [2.45, 2.75) is 64.2 Å². The molecule has 0 aromatic rings. The maximum atomic E-state index is 11.8. The van der Waals surface area contributed by atoms with E-state index in [1.807, 2.05) is 0 Å². The first-order valence-electron chi connectivity index (χ1n) is 8.32. The highest BCUT2D eigenvalue weighted by Gasteiger charge is 2.15. The van der Waals surface area contributed by atoms with Crippen molar-refractivity contribution in [2.24, 2.45) is 11.8 Å². The third kappa shape index (κ3) is 5.94. The SMILES string of the molecule is O=C(CCC1CCCCC1)NCCC1CCCNC1. The zero-order chi connectivity index (χ0) is 13.3. The van der Waals surface area contributed by atoms with Gasteiger partial charge in [0.2, 0.25) is 5.91 Å². The molecule has 0 bridgehead atoms. The Hall–Kier alpha value is -0.570. The summed E-state index contributed by atoms with van der Waals surface area (Å²) < 4.78 is 0. The lowest BCUT2D eigenvalue weighted by Crippen LogP contribution is -2.33. The van der Waals surface area contributed by atoms with E-state index < -0.39 is 0 Å². The average molecular weight is 266 g/mol. The summed E-state index contributed by atoms with van der Waals surface area (Å²) >= 11 is 0. The Morgan fingerprint density at radius 2 is 1.79 bits per heavy atom. The van der Waals surface area contributed by atoms with Gasteiger partial charge < -0.3 is 10.6 Å². The summed E-state index contributed by atoms with van der Waals surface area (Å²) in [5.41, 5.74) is 0. The van der Waals surface area contributed by atoms with E-state index in [9.17, 15) is 4.79 Å². The first kappa shape index (κ1) is 14.8. The van der Waals surface area contributed by atoms with E-state index in [1.54, 1.807) is 0 Å². The van der Waals surface area contributed by atoms with E-state index in [0.29, 0.717) is 0 Å². The number of hydrogen-bond acceptors (Lipinski definition) is 2. The minimum atomic E-state index is 0.273.